The summed E-state index contributed by atoms with van der Waals surface area (Å²) in [5.41, 5.74) is 0.133. The predicted octanol–water partition coefficient (Wildman–Crippen LogP) is 2.56. The molecule has 2 N–H and O–H groups in total. The van der Waals surface area contributed by atoms with Crippen molar-refractivity contribution >= 4 is 21.4 Å². The first-order valence-electron chi connectivity index (χ1n) is 6.62. The Bertz CT molecular complexity index is 579. The quantitative estimate of drug-likeness (QED) is 0.791. The first-order valence-corrected chi connectivity index (χ1v) is 8.27. The molecule has 112 valence electrons. The fourth-order valence-electron chi connectivity index (χ4n) is 1.61. The third-order valence-corrected chi connectivity index (χ3v) is 4.66. The van der Waals surface area contributed by atoms with Gasteiger partial charge in [-0.05, 0) is 30.5 Å². The summed E-state index contributed by atoms with van der Waals surface area (Å²) in [5.74, 6) is -0.00227. The number of carbonyl (C=O) groups excluding carboxylic acids is 1. The molecule has 1 aromatic rings. The lowest BCUT2D eigenvalue weighted by Gasteiger charge is -2.10. The van der Waals surface area contributed by atoms with Gasteiger partial charge in [0.05, 0.1) is 16.3 Å². The Morgan fingerprint density at radius 3 is 2.55 bits per heavy atom. The number of hydrogen-bond donors (Lipinski definition) is 2. The summed E-state index contributed by atoms with van der Waals surface area (Å²) in [6.45, 7) is 5.57. The molecule has 5 nitrogen and oxygen atoms in total. The zero-order valence-electron chi connectivity index (χ0n) is 12.0. The van der Waals surface area contributed by atoms with Crippen molar-refractivity contribution in [3.63, 3.8) is 0 Å². The molecule has 0 unspecified atom stereocenters. The summed E-state index contributed by atoms with van der Waals surface area (Å²) in [7, 11) is -3.36. The molecule has 0 aromatic heterocycles. The largest absolute Gasteiger partial charge is 0.506 e. The van der Waals surface area contributed by atoms with Gasteiger partial charge in [0.25, 0.3) is 0 Å². The molecule has 0 aliphatic carbocycles. The molecule has 0 saturated carbocycles. The molecule has 0 aliphatic heterocycles. The van der Waals surface area contributed by atoms with Gasteiger partial charge in [0.2, 0.25) is 5.91 Å². The second-order valence-corrected chi connectivity index (χ2v) is 7.34. The van der Waals surface area contributed by atoms with E-state index in [-0.39, 0.29) is 28.0 Å². The van der Waals surface area contributed by atoms with Crippen LogP contribution in [-0.2, 0) is 14.6 Å². The minimum atomic E-state index is -3.36. The predicted molar refractivity (Wildman–Crippen MR) is 78.5 cm³/mol. The molecule has 1 aromatic carbocycles. The zero-order chi connectivity index (χ0) is 15.3. The topological polar surface area (TPSA) is 83.5 Å². The van der Waals surface area contributed by atoms with Crippen LogP contribution in [0.5, 0.6) is 5.75 Å². The maximum absolute atomic E-state index is 11.8. The van der Waals surface area contributed by atoms with E-state index in [1.54, 1.807) is 6.92 Å². The Hall–Kier alpha value is -1.56. The van der Waals surface area contributed by atoms with Crippen molar-refractivity contribution in [3.05, 3.63) is 18.2 Å². The van der Waals surface area contributed by atoms with Crippen molar-refractivity contribution in [2.75, 3.05) is 11.1 Å². The van der Waals surface area contributed by atoms with E-state index >= 15 is 0 Å². The van der Waals surface area contributed by atoms with Crippen molar-refractivity contribution in [1.82, 2.24) is 0 Å². The molecule has 0 spiro atoms. The molecule has 0 saturated heterocycles. The lowest BCUT2D eigenvalue weighted by atomic mass is 10.1. The number of nitrogens with one attached hydrogen (secondary N) is 1. The van der Waals surface area contributed by atoms with Crippen LogP contribution in [0.15, 0.2) is 23.1 Å². The first kappa shape index (κ1) is 16.5. The number of phenolic OH excluding ortho intramolecular Hbond substituents is 1. The number of benzene rings is 1. The highest BCUT2D eigenvalue weighted by atomic mass is 32.2. The lowest BCUT2D eigenvalue weighted by molar-refractivity contribution is -0.116. The second kappa shape index (κ2) is 6.74. The second-order valence-electron chi connectivity index (χ2n) is 5.06. The molecule has 20 heavy (non-hydrogen) atoms. The number of carbonyl (C=O) groups is 1. The molecule has 0 atom stereocenters. The number of rotatable bonds is 6. The van der Waals surface area contributed by atoms with Crippen molar-refractivity contribution < 1.29 is 18.3 Å². The van der Waals surface area contributed by atoms with E-state index in [0.717, 1.165) is 6.42 Å². The monoisotopic (exact) mass is 299 g/mol. The van der Waals surface area contributed by atoms with Crippen LogP contribution < -0.4 is 5.32 Å². The van der Waals surface area contributed by atoms with Crippen LogP contribution >= 0.6 is 0 Å². The average Bonchev–Trinajstić information content (AvgIpc) is 2.38. The summed E-state index contributed by atoms with van der Waals surface area (Å²) in [6.07, 6.45) is 1.07. The Morgan fingerprint density at radius 1 is 1.35 bits per heavy atom. The SMILES string of the molecule is CCS(=O)(=O)c1ccc(O)c(NC(=O)CCC(C)C)c1. The van der Waals surface area contributed by atoms with E-state index < -0.39 is 9.84 Å². The minimum Gasteiger partial charge on any atom is -0.506 e. The van der Waals surface area contributed by atoms with Gasteiger partial charge in [-0.15, -0.1) is 0 Å². The molecule has 6 heteroatoms. The van der Waals surface area contributed by atoms with E-state index in [2.05, 4.69) is 5.32 Å². The summed E-state index contributed by atoms with van der Waals surface area (Å²) in [5, 5.41) is 12.2. The van der Waals surface area contributed by atoms with Gasteiger partial charge in [-0.3, -0.25) is 4.79 Å². The van der Waals surface area contributed by atoms with Crippen LogP contribution in [0.1, 0.15) is 33.6 Å². The molecule has 0 radical (unpaired) electrons. The number of aromatic hydroxyl groups is 1. The summed E-state index contributed by atoms with van der Waals surface area (Å²) in [4.78, 5) is 11.8. The van der Waals surface area contributed by atoms with Gasteiger partial charge >= 0.3 is 0 Å². The normalized spacial score (nSPS) is 11.6. The van der Waals surface area contributed by atoms with Crippen LogP contribution in [0.3, 0.4) is 0 Å². The highest BCUT2D eigenvalue weighted by Gasteiger charge is 2.15. The van der Waals surface area contributed by atoms with Crippen molar-refractivity contribution in [3.8, 4) is 5.75 Å². The van der Waals surface area contributed by atoms with Crippen LogP contribution in [0.4, 0.5) is 5.69 Å². The molecule has 0 fully saturated rings. The Balaban J connectivity index is 2.90. The Kier molecular flexibility index (Phi) is 5.56. The van der Waals surface area contributed by atoms with E-state index in [4.69, 9.17) is 0 Å². The van der Waals surface area contributed by atoms with Crippen LogP contribution in [0, 0.1) is 5.92 Å². The fraction of sp³-hybridized carbons (Fsp3) is 0.500. The number of anilines is 1. The Morgan fingerprint density at radius 2 is 2.00 bits per heavy atom. The average molecular weight is 299 g/mol. The number of amides is 1. The Labute approximate surface area is 119 Å². The standard InChI is InChI=1S/C14H21NO4S/c1-4-20(18,19)11-6-7-13(16)12(9-11)15-14(17)8-5-10(2)3/h6-7,9-10,16H,4-5,8H2,1-3H3,(H,15,17). The summed E-state index contributed by atoms with van der Waals surface area (Å²) < 4.78 is 23.5. The third kappa shape index (κ3) is 4.52. The molecule has 0 heterocycles. The van der Waals surface area contributed by atoms with Gasteiger partial charge in [0.15, 0.2) is 9.84 Å². The maximum atomic E-state index is 11.8. The highest BCUT2D eigenvalue weighted by molar-refractivity contribution is 7.91. The number of hydrogen-bond acceptors (Lipinski definition) is 4. The molecule has 0 bridgehead atoms. The summed E-state index contributed by atoms with van der Waals surface area (Å²) in [6, 6.07) is 3.90. The molecular weight excluding hydrogens is 278 g/mol. The lowest BCUT2D eigenvalue weighted by Crippen LogP contribution is -2.13. The third-order valence-electron chi connectivity index (χ3n) is 2.93. The van der Waals surface area contributed by atoms with Gasteiger partial charge in [0.1, 0.15) is 5.75 Å². The van der Waals surface area contributed by atoms with Crippen LogP contribution in [0.25, 0.3) is 0 Å². The van der Waals surface area contributed by atoms with E-state index in [9.17, 15) is 18.3 Å². The first-order chi connectivity index (χ1) is 9.26. The van der Waals surface area contributed by atoms with Gasteiger partial charge in [-0.1, -0.05) is 20.8 Å². The van der Waals surface area contributed by atoms with E-state index in [1.807, 2.05) is 13.8 Å². The molecular formula is C14H21NO4S. The maximum Gasteiger partial charge on any atom is 0.224 e. The number of phenols is 1. The van der Waals surface area contributed by atoms with Crippen molar-refractivity contribution in [2.45, 2.75) is 38.5 Å². The van der Waals surface area contributed by atoms with Gasteiger partial charge < -0.3 is 10.4 Å². The van der Waals surface area contributed by atoms with Gasteiger partial charge in [-0.2, -0.15) is 0 Å². The molecule has 0 aliphatic rings. The van der Waals surface area contributed by atoms with Gasteiger partial charge in [-0.25, -0.2) is 8.42 Å². The van der Waals surface area contributed by atoms with Crippen LogP contribution in [-0.4, -0.2) is 25.2 Å². The van der Waals surface area contributed by atoms with E-state index in [1.165, 1.54) is 18.2 Å². The highest BCUT2D eigenvalue weighted by Crippen LogP contribution is 2.27. The zero-order valence-corrected chi connectivity index (χ0v) is 12.8. The van der Waals surface area contributed by atoms with Gasteiger partial charge in [0, 0.05) is 6.42 Å². The molecule has 1 amide bonds. The fourth-order valence-corrected chi connectivity index (χ4v) is 2.51. The minimum absolute atomic E-state index is 0.0293. The smallest absolute Gasteiger partial charge is 0.224 e. The van der Waals surface area contributed by atoms with Crippen molar-refractivity contribution in [1.29, 1.82) is 0 Å². The molecule has 1 rings (SSSR count). The summed E-state index contributed by atoms with van der Waals surface area (Å²) >= 11 is 0. The van der Waals surface area contributed by atoms with Crippen LogP contribution in [0.2, 0.25) is 0 Å². The van der Waals surface area contributed by atoms with Crippen molar-refractivity contribution in [2.24, 2.45) is 5.92 Å². The van der Waals surface area contributed by atoms with E-state index in [0.29, 0.717) is 12.3 Å². The number of sulfone groups is 1.